The molecule has 72 valence electrons. The highest BCUT2D eigenvalue weighted by atomic mass is 35.5. The number of rotatable bonds is 4. The number of hydrogen-bond acceptors (Lipinski definition) is 2. The second kappa shape index (κ2) is 5.32. The Labute approximate surface area is 87.5 Å². The summed E-state index contributed by atoms with van der Waals surface area (Å²) in [5, 5.41) is 12.8. The Morgan fingerprint density at radius 3 is 2.38 bits per heavy atom. The quantitative estimate of drug-likeness (QED) is 0.764. The molecule has 1 aromatic carbocycles. The van der Waals surface area contributed by atoms with Crippen molar-refractivity contribution >= 4 is 28.9 Å². The van der Waals surface area contributed by atoms with E-state index >= 15 is 0 Å². The summed E-state index contributed by atoms with van der Waals surface area (Å²) in [5.74, 6) is 0. The molecule has 4 heteroatoms. The number of nitrogens with one attached hydrogen (secondary N) is 1. The summed E-state index contributed by atoms with van der Waals surface area (Å²) in [4.78, 5) is 0. The highest BCUT2D eigenvalue weighted by molar-refractivity contribution is 6.39. The van der Waals surface area contributed by atoms with Crippen LogP contribution in [0.15, 0.2) is 18.2 Å². The predicted molar refractivity (Wildman–Crippen MR) is 56.7 cm³/mol. The van der Waals surface area contributed by atoms with Crippen LogP contribution in [-0.2, 0) is 0 Å². The van der Waals surface area contributed by atoms with Crippen molar-refractivity contribution in [2.75, 3.05) is 18.5 Å². The molecule has 0 heterocycles. The molecule has 0 saturated heterocycles. The minimum Gasteiger partial charge on any atom is -0.396 e. The van der Waals surface area contributed by atoms with Crippen molar-refractivity contribution < 1.29 is 5.11 Å². The van der Waals surface area contributed by atoms with E-state index in [1.807, 2.05) is 0 Å². The molecule has 1 aromatic rings. The first-order valence-electron chi connectivity index (χ1n) is 4.04. The standard InChI is InChI=1S/C9H11Cl2NO/c10-7-3-1-4-8(11)9(7)12-5-2-6-13/h1,3-4,12-13H,2,5-6H2. The van der Waals surface area contributed by atoms with E-state index in [0.29, 0.717) is 23.0 Å². The fourth-order valence-electron chi connectivity index (χ4n) is 0.959. The number of aliphatic hydroxyl groups excluding tert-OH is 1. The lowest BCUT2D eigenvalue weighted by Crippen LogP contribution is -2.04. The number of aliphatic hydroxyl groups is 1. The summed E-state index contributed by atoms with van der Waals surface area (Å²) in [7, 11) is 0. The highest BCUT2D eigenvalue weighted by Gasteiger charge is 2.02. The topological polar surface area (TPSA) is 32.3 Å². The maximum absolute atomic E-state index is 8.58. The van der Waals surface area contributed by atoms with Gasteiger partial charge < -0.3 is 10.4 Å². The molecule has 0 saturated carbocycles. The molecule has 0 unspecified atom stereocenters. The largest absolute Gasteiger partial charge is 0.396 e. The Bertz CT molecular complexity index is 258. The second-order valence-electron chi connectivity index (χ2n) is 2.60. The molecule has 0 radical (unpaired) electrons. The van der Waals surface area contributed by atoms with Crippen LogP contribution in [0.4, 0.5) is 5.69 Å². The van der Waals surface area contributed by atoms with Crippen LogP contribution >= 0.6 is 23.2 Å². The van der Waals surface area contributed by atoms with Gasteiger partial charge in [0.15, 0.2) is 0 Å². The molecule has 0 aromatic heterocycles. The van der Waals surface area contributed by atoms with Crippen LogP contribution in [-0.4, -0.2) is 18.3 Å². The van der Waals surface area contributed by atoms with E-state index in [9.17, 15) is 0 Å². The molecule has 2 nitrogen and oxygen atoms in total. The molecule has 0 aliphatic heterocycles. The van der Waals surface area contributed by atoms with Crippen molar-refractivity contribution in [3.8, 4) is 0 Å². The van der Waals surface area contributed by atoms with Crippen LogP contribution in [0.25, 0.3) is 0 Å². The van der Waals surface area contributed by atoms with E-state index in [1.54, 1.807) is 18.2 Å². The minimum atomic E-state index is 0.162. The summed E-state index contributed by atoms with van der Waals surface area (Å²) in [6.07, 6.45) is 0.682. The van der Waals surface area contributed by atoms with E-state index in [2.05, 4.69) is 5.32 Å². The summed E-state index contributed by atoms with van der Waals surface area (Å²) >= 11 is 11.8. The molecule has 1 rings (SSSR count). The molecule has 0 bridgehead atoms. The fraction of sp³-hybridized carbons (Fsp3) is 0.333. The van der Waals surface area contributed by atoms with Crippen molar-refractivity contribution in [3.05, 3.63) is 28.2 Å². The third kappa shape index (κ3) is 3.07. The van der Waals surface area contributed by atoms with E-state index in [-0.39, 0.29) is 6.61 Å². The Morgan fingerprint density at radius 1 is 1.23 bits per heavy atom. The van der Waals surface area contributed by atoms with Crippen molar-refractivity contribution in [1.29, 1.82) is 0 Å². The molecule has 0 atom stereocenters. The van der Waals surface area contributed by atoms with E-state index in [1.165, 1.54) is 0 Å². The molecule has 2 N–H and O–H groups in total. The summed E-state index contributed by atoms with van der Waals surface area (Å²) < 4.78 is 0. The molecule has 0 amide bonds. The maximum atomic E-state index is 8.58. The number of para-hydroxylation sites is 1. The number of halogens is 2. The van der Waals surface area contributed by atoms with Gasteiger partial charge in [-0.3, -0.25) is 0 Å². The average molecular weight is 220 g/mol. The van der Waals surface area contributed by atoms with Crippen LogP contribution in [0.2, 0.25) is 10.0 Å². The van der Waals surface area contributed by atoms with Gasteiger partial charge in [0.25, 0.3) is 0 Å². The number of benzene rings is 1. The van der Waals surface area contributed by atoms with Gasteiger partial charge >= 0.3 is 0 Å². The Hall–Kier alpha value is -0.440. The molecule has 0 fully saturated rings. The first-order chi connectivity index (χ1) is 6.25. The van der Waals surface area contributed by atoms with Crippen molar-refractivity contribution in [2.24, 2.45) is 0 Å². The summed E-state index contributed by atoms with van der Waals surface area (Å²) in [5.41, 5.74) is 0.735. The van der Waals surface area contributed by atoms with E-state index in [0.717, 1.165) is 5.69 Å². The number of anilines is 1. The third-order valence-corrected chi connectivity index (χ3v) is 2.23. The molecular weight excluding hydrogens is 209 g/mol. The van der Waals surface area contributed by atoms with Gasteiger partial charge in [-0.05, 0) is 18.6 Å². The zero-order valence-corrected chi connectivity index (χ0v) is 8.57. The lowest BCUT2D eigenvalue weighted by Gasteiger charge is -2.08. The molecule has 13 heavy (non-hydrogen) atoms. The number of hydrogen-bond donors (Lipinski definition) is 2. The Kier molecular flexibility index (Phi) is 4.36. The zero-order valence-electron chi connectivity index (χ0n) is 7.06. The van der Waals surface area contributed by atoms with Crippen LogP contribution in [0.5, 0.6) is 0 Å². The van der Waals surface area contributed by atoms with Crippen molar-refractivity contribution in [3.63, 3.8) is 0 Å². The SMILES string of the molecule is OCCCNc1c(Cl)cccc1Cl. The van der Waals surface area contributed by atoms with E-state index < -0.39 is 0 Å². The second-order valence-corrected chi connectivity index (χ2v) is 3.41. The van der Waals surface area contributed by atoms with Crippen molar-refractivity contribution in [2.45, 2.75) is 6.42 Å². The molecule has 0 spiro atoms. The van der Waals surface area contributed by atoms with Crippen LogP contribution in [0.1, 0.15) is 6.42 Å². The van der Waals surface area contributed by atoms with Gasteiger partial charge in [0, 0.05) is 13.2 Å². The Morgan fingerprint density at radius 2 is 1.85 bits per heavy atom. The van der Waals surface area contributed by atoms with Gasteiger partial charge in [0.05, 0.1) is 15.7 Å². The predicted octanol–water partition coefficient (Wildman–Crippen LogP) is 2.79. The van der Waals surface area contributed by atoms with Gasteiger partial charge in [-0.25, -0.2) is 0 Å². The maximum Gasteiger partial charge on any atom is 0.0718 e. The average Bonchev–Trinajstić information content (AvgIpc) is 2.10. The Balaban J connectivity index is 2.64. The molecular formula is C9H11Cl2NO. The normalized spacial score (nSPS) is 10.1. The van der Waals surface area contributed by atoms with Crippen LogP contribution in [0, 0.1) is 0 Å². The first kappa shape index (κ1) is 10.6. The highest BCUT2D eigenvalue weighted by Crippen LogP contribution is 2.29. The summed E-state index contributed by atoms with van der Waals surface area (Å²) in [6, 6.07) is 5.34. The smallest absolute Gasteiger partial charge is 0.0718 e. The van der Waals surface area contributed by atoms with Crippen LogP contribution in [0.3, 0.4) is 0 Å². The summed E-state index contributed by atoms with van der Waals surface area (Å²) in [6.45, 7) is 0.828. The first-order valence-corrected chi connectivity index (χ1v) is 4.80. The lowest BCUT2D eigenvalue weighted by molar-refractivity contribution is 0.292. The fourth-order valence-corrected chi connectivity index (χ4v) is 1.49. The van der Waals surface area contributed by atoms with Gasteiger partial charge in [-0.2, -0.15) is 0 Å². The van der Waals surface area contributed by atoms with Gasteiger partial charge in [-0.15, -0.1) is 0 Å². The zero-order chi connectivity index (χ0) is 9.68. The van der Waals surface area contributed by atoms with E-state index in [4.69, 9.17) is 28.3 Å². The lowest BCUT2D eigenvalue weighted by atomic mass is 10.3. The van der Waals surface area contributed by atoms with Gasteiger partial charge in [-0.1, -0.05) is 29.3 Å². The molecule has 0 aliphatic carbocycles. The minimum absolute atomic E-state index is 0.162. The monoisotopic (exact) mass is 219 g/mol. The molecule has 0 aliphatic rings. The third-order valence-electron chi connectivity index (χ3n) is 1.60. The van der Waals surface area contributed by atoms with Gasteiger partial charge in [0.1, 0.15) is 0 Å². The van der Waals surface area contributed by atoms with Gasteiger partial charge in [0.2, 0.25) is 0 Å². The van der Waals surface area contributed by atoms with Crippen molar-refractivity contribution in [1.82, 2.24) is 0 Å². The van der Waals surface area contributed by atoms with Crippen LogP contribution < -0.4 is 5.32 Å².